The molecule has 2 amide bonds. The first-order valence-electron chi connectivity index (χ1n) is 8.04. The summed E-state index contributed by atoms with van der Waals surface area (Å²) in [4.78, 5) is 23.7. The summed E-state index contributed by atoms with van der Waals surface area (Å²) in [6.07, 6.45) is 0. The molecule has 0 aliphatic carbocycles. The molecule has 0 aromatic heterocycles. The lowest BCUT2D eigenvalue weighted by molar-refractivity contribution is -0.114. The molecule has 3 rings (SSSR count). The zero-order chi connectivity index (χ0) is 17.1. The summed E-state index contributed by atoms with van der Waals surface area (Å²) in [5, 5.41) is 9.04. The summed E-state index contributed by atoms with van der Waals surface area (Å²) in [5.74, 6) is -0.210. The van der Waals surface area contributed by atoms with Crippen molar-refractivity contribution in [2.75, 3.05) is 5.32 Å². The Balaban J connectivity index is 1.71. The van der Waals surface area contributed by atoms with Crippen LogP contribution in [0.1, 0.15) is 46.9 Å². The quantitative estimate of drug-likeness (QED) is 0.810. The Bertz CT molecular complexity index is 786. The minimum absolute atomic E-state index is 0.0952. The van der Waals surface area contributed by atoms with Crippen LogP contribution in [0, 0.1) is 0 Å². The first-order chi connectivity index (χ1) is 11.5. The maximum Gasteiger partial charge on any atom is 0.251 e. The molecule has 0 saturated heterocycles. The molecule has 2 aromatic rings. The van der Waals surface area contributed by atoms with Crippen molar-refractivity contribution >= 4 is 17.5 Å². The van der Waals surface area contributed by atoms with Gasteiger partial charge in [-0.05, 0) is 47.9 Å². The van der Waals surface area contributed by atoms with E-state index in [0.717, 1.165) is 24.3 Å². The molecule has 3 N–H and O–H groups in total. The van der Waals surface area contributed by atoms with Crippen molar-refractivity contribution in [2.45, 2.75) is 33.0 Å². The first kappa shape index (κ1) is 16.2. The van der Waals surface area contributed by atoms with Gasteiger partial charge in [0.1, 0.15) is 0 Å². The van der Waals surface area contributed by atoms with Crippen LogP contribution in [0.4, 0.5) is 5.69 Å². The van der Waals surface area contributed by atoms with Crippen LogP contribution >= 0.6 is 0 Å². The van der Waals surface area contributed by atoms with Gasteiger partial charge in [-0.2, -0.15) is 0 Å². The lowest BCUT2D eigenvalue weighted by Crippen LogP contribution is -2.26. The highest BCUT2D eigenvalue weighted by Crippen LogP contribution is 2.20. The second-order valence-corrected chi connectivity index (χ2v) is 6.09. The Kier molecular flexibility index (Phi) is 4.62. The van der Waals surface area contributed by atoms with Crippen LogP contribution in [-0.4, -0.2) is 11.8 Å². The molecule has 0 bridgehead atoms. The van der Waals surface area contributed by atoms with E-state index in [0.29, 0.717) is 5.56 Å². The lowest BCUT2D eigenvalue weighted by Gasteiger charge is -2.16. The monoisotopic (exact) mass is 323 g/mol. The minimum atomic E-state index is -0.155. The van der Waals surface area contributed by atoms with Crippen LogP contribution in [0.15, 0.2) is 42.5 Å². The van der Waals surface area contributed by atoms with Gasteiger partial charge in [-0.3, -0.25) is 9.59 Å². The normalized spacial score (nSPS) is 13.9. The summed E-state index contributed by atoms with van der Waals surface area (Å²) in [7, 11) is 0. The molecule has 1 atom stereocenters. The fourth-order valence-electron chi connectivity index (χ4n) is 2.89. The van der Waals surface area contributed by atoms with Gasteiger partial charge in [-0.1, -0.05) is 18.2 Å². The maximum atomic E-state index is 12.5. The molecule has 24 heavy (non-hydrogen) atoms. The average Bonchev–Trinajstić information content (AvgIpc) is 3.02. The molecule has 0 radical (unpaired) electrons. The summed E-state index contributed by atoms with van der Waals surface area (Å²) in [6.45, 7) is 5.08. The van der Waals surface area contributed by atoms with Gasteiger partial charge in [0, 0.05) is 31.3 Å². The molecule has 0 spiro atoms. The standard InChI is InChI=1S/C19H21N3O2/c1-12(14-4-3-5-18(9-14)22-13(2)23)21-19(24)15-6-7-16-10-20-11-17(16)8-15/h3-9,12,20H,10-11H2,1-2H3,(H,21,24)(H,22,23). The van der Waals surface area contributed by atoms with E-state index in [1.807, 2.05) is 49.4 Å². The molecule has 1 aliphatic heterocycles. The number of carbonyl (C=O) groups is 2. The summed E-state index contributed by atoms with van der Waals surface area (Å²) < 4.78 is 0. The van der Waals surface area contributed by atoms with Gasteiger partial charge in [0.25, 0.3) is 5.91 Å². The van der Waals surface area contributed by atoms with Crippen LogP contribution in [0.5, 0.6) is 0 Å². The van der Waals surface area contributed by atoms with Crippen LogP contribution in [-0.2, 0) is 17.9 Å². The predicted molar refractivity (Wildman–Crippen MR) is 93.6 cm³/mol. The zero-order valence-corrected chi connectivity index (χ0v) is 13.8. The molecule has 5 nitrogen and oxygen atoms in total. The van der Waals surface area contributed by atoms with Gasteiger partial charge in [-0.15, -0.1) is 0 Å². The third-order valence-electron chi connectivity index (χ3n) is 4.15. The van der Waals surface area contributed by atoms with Crippen molar-refractivity contribution in [1.82, 2.24) is 10.6 Å². The lowest BCUT2D eigenvalue weighted by atomic mass is 10.0. The highest BCUT2D eigenvalue weighted by Gasteiger charge is 2.15. The molecule has 1 unspecified atom stereocenters. The molecule has 1 heterocycles. The van der Waals surface area contributed by atoms with Gasteiger partial charge < -0.3 is 16.0 Å². The van der Waals surface area contributed by atoms with E-state index in [2.05, 4.69) is 16.0 Å². The summed E-state index contributed by atoms with van der Waals surface area (Å²) in [5.41, 5.74) is 4.77. The van der Waals surface area contributed by atoms with Crippen LogP contribution in [0.25, 0.3) is 0 Å². The third kappa shape index (κ3) is 3.63. The Hall–Kier alpha value is -2.66. The number of anilines is 1. The van der Waals surface area contributed by atoms with E-state index >= 15 is 0 Å². The number of fused-ring (bicyclic) bond motifs is 1. The van der Waals surface area contributed by atoms with Crippen molar-refractivity contribution < 1.29 is 9.59 Å². The van der Waals surface area contributed by atoms with Crippen molar-refractivity contribution in [1.29, 1.82) is 0 Å². The highest BCUT2D eigenvalue weighted by atomic mass is 16.2. The Morgan fingerprint density at radius 3 is 2.67 bits per heavy atom. The van der Waals surface area contributed by atoms with Gasteiger partial charge in [0.2, 0.25) is 5.91 Å². The third-order valence-corrected chi connectivity index (χ3v) is 4.15. The van der Waals surface area contributed by atoms with E-state index in [1.165, 1.54) is 18.1 Å². The molecule has 0 saturated carbocycles. The van der Waals surface area contributed by atoms with Crippen molar-refractivity contribution in [3.8, 4) is 0 Å². The predicted octanol–water partition coefficient (Wildman–Crippen LogP) is 2.74. The molecule has 0 fully saturated rings. The fourth-order valence-corrected chi connectivity index (χ4v) is 2.89. The van der Waals surface area contributed by atoms with Gasteiger partial charge in [-0.25, -0.2) is 0 Å². The van der Waals surface area contributed by atoms with Gasteiger partial charge in [0.15, 0.2) is 0 Å². The van der Waals surface area contributed by atoms with Crippen LogP contribution < -0.4 is 16.0 Å². The number of amides is 2. The van der Waals surface area contributed by atoms with E-state index in [1.54, 1.807) is 0 Å². The first-order valence-corrected chi connectivity index (χ1v) is 8.04. The minimum Gasteiger partial charge on any atom is -0.346 e. The van der Waals surface area contributed by atoms with E-state index in [9.17, 15) is 9.59 Å². The smallest absolute Gasteiger partial charge is 0.251 e. The van der Waals surface area contributed by atoms with Gasteiger partial charge in [0.05, 0.1) is 6.04 Å². The van der Waals surface area contributed by atoms with E-state index < -0.39 is 0 Å². The van der Waals surface area contributed by atoms with Crippen molar-refractivity contribution in [2.24, 2.45) is 0 Å². The summed E-state index contributed by atoms with van der Waals surface area (Å²) >= 11 is 0. The number of benzene rings is 2. The van der Waals surface area contributed by atoms with Crippen molar-refractivity contribution in [3.63, 3.8) is 0 Å². The SMILES string of the molecule is CC(=O)Nc1cccc(C(C)NC(=O)c2ccc3c(c2)CNC3)c1. The highest BCUT2D eigenvalue weighted by molar-refractivity contribution is 5.94. The number of nitrogens with one attached hydrogen (secondary N) is 3. The van der Waals surface area contributed by atoms with Crippen LogP contribution in [0.3, 0.4) is 0 Å². The number of rotatable bonds is 4. The second-order valence-electron chi connectivity index (χ2n) is 6.09. The Morgan fingerprint density at radius 1 is 1.08 bits per heavy atom. The van der Waals surface area contributed by atoms with Crippen molar-refractivity contribution in [3.05, 3.63) is 64.7 Å². The molecular formula is C19H21N3O2. The van der Waals surface area contributed by atoms with E-state index in [-0.39, 0.29) is 17.9 Å². The largest absolute Gasteiger partial charge is 0.346 e. The molecule has 124 valence electrons. The topological polar surface area (TPSA) is 70.2 Å². The molecule has 1 aliphatic rings. The molecule has 5 heteroatoms. The average molecular weight is 323 g/mol. The Morgan fingerprint density at radius 2 is 1.88 bits per heavy atom. The zero-order valence-electron chi connectivity index (χ0n) is 13.8. The molecular weight excluding hydrogens is 302 g/mol. The Labute approximate surface area is 141 Å². The van der Waals surface area contributed by atoms with Crippen LogP contribution in [0.2, 0.25) is 0 Å². The van der Waals surface area contributed by atoms with E-state index in [4.69, 9.17) is 0 Å². The number of carbonyl (C=O) groups excluding carboxylic acids is 2. The van der Waals surface area contributed by atoms with Gasteiger partial charge >= 0.3 is 0 Å². The number of hydrogen-bond acceptors (Lipinski definition) is 3. The summed E-state index contributed by atoms with van der Waals surface area (Å²) in [6, 6.07) is 13.2. The molecule has 2 aromatic carbocycles. The maximum absolute atomic E-state index is 12.5. The number of hydrogen-bond donors (Lipinski definition) is 3. The second kappa shape index (κ2) is 6.84. The fraction of sp³-hybridized carbons (Fsp3) is 0.263.